The number of nitrogens with one attached hydrogen (secondary N) is 1. The fourth-order valence-electron chi connectivity index (χ4n) is 4.64. The molecule has 0 spiro atoms. The second-order valence-electron chi connectivity index (χ2n) is 7.49. The van der Waals surface area contributed by atoms with Crippen LogP contribution in [0.1, 0.15) is 34.5 Å². The molecule has 0 amide bonds. The molecule has 0 aliphatic carbocycles. The number of methoxy groups -OCH3 is 2. The van der Waals surface area contributed by atoms with Crippen molar-refractivity contribution < 1.29 is 9.47 Å². The van der Waals surface area contributed by atoms with Crippen molar-refractivity contribution in [2.45, 2.75) is 18.6 Å². The minimum absolute atomic E-state index is 0.0508. The molecule has 1 N–H and O–H groups in total. The Hall–Kier alpha value is -2.69. The van der Waals surface area contributed by atoms with Crippen molar-refractivity contribution in [1.29, 1.82) is 0 Å². The van der Waals surface area contributed by atoms with Crippen molar-refractivity contribution >= 4 is 17.3 Å². The third-order valence-corrected chi connectivity index (χ3v) is 6.19. The van der Waals surface area contributed by atoms with E-state index in [1.807, 2.05) is 18.2 Å². The van der Waals surface area contributed by atoms with E-state index in [1.165, 1.54) is 22.3 Å². The molecule has 5 rings (SSSR count). The van der Waals surface area contributed by atoms with Crippen LogP contribution >= 0.6 is 11.6 Å². The monoisotopic (exact) mass is 406 g/mol. The maximum atomic E-state index is 6.32. The van der Waals surface area contributed by atoms with Gasteiger partial charge in [-0.05, 0) is 59.0 Å². The summed E-state index contributed by atoms with van der Waals surface area (Å²) in [5.41, 5.74) is 6.18. The quantitative estimate of drug-likeness (QED) is 0.628. The van der Waals surface area contributed by atoms with Crippen LogP contribution in [0.2, 0.25) is 5.02 Å². The third kappa shape index (κ3) is 3.04. The van der Waals surface area contributed by atoms with Gasteiger partial charge in [0.2, 0.25) is 0 Å². The highest BCUT2D eigenvalue weighted by molar-refractivity contribution is 6.30. The van der Waals surface area contributed by atoms with Gasteiger partial charge in [-0.3, -0.25) is 4.90 Å². The fraction of sp³-hybridized carbons (Fsp3) is 0.250. The molecule has 0 radical (unpaired) electrons. The molecule has 0 saturated carbocycles. The molecule has 0 bridgehead atoms. The van der Waals surface area contributed by atoms with Crippen LogP contribution in [0, 0.1) is 0 Å². The Balaban J connectivity index is 1.68. The van der Waals surface area contributed by atoms with Crippen molar-refractivity contribution in [3.63, 3.8) is 0 Å². The van der Waals surface area contributed by atoms with Crippen LogP contribution in [0.4, 0.5) is 5.69 Å². The highest BCUT2D eigenvalue weighted by Gasteiger charge is 2.39. The molecule has 2 aliphatic heterocycles. The summed E-state index contributed by atoms with van der Waals surface area (Å²) in [5, 5.41) is 4.49. The van der Waals surface area contributed by atoms with E-state index < -0.39 is 0 Å². The molecule has 29 heavy (non-hydrogen) atoms. The summed E-state index contributed by atoms with van der Waals surface area (Å²) in [5.74, 6) is 1.55. The van der Waals surface area contributed by atoms with Crippen LogP contribution in [-0.4, -0.2) is 25.7 Å². The van der Waals surface area contributed by atoms with Crippen molar-refractivity contribution in [2.24, 2.45) is 0 Å². The van der Waals surface area contributed by atoms with Gasteiger partial charge in [0.15, 0.2) is 11.5 Å². The van der Waals surface area contributed by atoms with Gasteiger partial charge in [0.05, 0.1) is 20.3 Å². The number of benzene rings is 3. The number of hydrogen-bond donors (Lipinski definition) is 1. The Morgan fingerprint density at radius 1 is 0.931 bits per heavy atom. The number of ether oxygens (including phenoxy) is 2. The number of para-hydroxylation sites is 1. The Bertz CT molecular complexity index is 1070. The lowest BCUT2D eigenvalue weighted by molar-refractivity contribution is 0.153. The largest absolute Gasteiger partial charge is 0.493 e. The van der Waals surface area contributed by atoms with E-state index in [-0.39, 0.29) is 12.2 Å². The Labute approximate surface area is 176 Å². The first kappa shape index (κ1) is 18.3. The summed E-state index contributed by atoms with van der Waals surface area (Å²) in [4.78, 5) is 2.52. The first-order valence-electron chi connectivity index (χ1n) is 9.81. The molecular weight excluding hydrogens is 384 g/mol. The van der Waals surface area contributed by atoms with Gasteiger partial charge in [0.25, 0.3) is 0 Å². The number of anilines is 1. The SMILES string of the molecule is COc1cc2c(cc1OC)[C@@H]1c3ccccc3N[C@H](c3cccc(Cl)c3)N1CC2. The molecule has 2 heterocycles. The van der Waals surface area contributed by atoms with E-state index in [4.69, 9.17) is 21.1 Å². The summed E-state index contributed by atoms with van der Waals surface area (Å²) in [6.45, 7) is 0.936. The van der Waals surface area contributed by atoms with Gasteiger partial charge in [-0.1, -0.05) is 41.9 Å². The lowest BCUT2D eigenvalue weighted by Crippen LogP contribution is -2.45. The minimum atomic E-state index is 0.0508. The molecule has 0 saturated heterocycles. The van der Waals surface area contributed by atoms with E-state index in [0.717, 1.165) is 35.2 Å². The Morgan fingerprint density at radius 2 is 1.72 bits per heavy atom. The first-order valence-corrected chi connectivity index (χ1v) is 10.2. The second-order valence-corrected chi connectivity index (χ2v) is 7.92. The second kappa shape index (κ2) is 7.29. The van der Waals surface area contributed by atoms with Crippen LogP contribution in [0.3, 0.4) is 0 Å². The standard InChI is InChI=1S/C24H23ClN2O2/c1-28-21-13-15-10-11-27-23(19(15)14-22(21)29-2)18-8-3-4-9-20(18)26-24(27)16-6-5-7-17(25)12-16/h3-9,12-14,23-24,26H,10-11H2,1-2H3/t23-,24-/m0/s1. The number of nitrogens with zero attached hydrogens (tertiary/aromatic N) is 1. The van der Waals surface area contributed by atoms with E-state index in [9.17, 15) is 0 Å². The van der Waals surface area contributed by atoms with Crippen LogP contribution < -0.4 is 14.8 Å². The van der Waals surface area contributed by atoms with Crippen LogP contribution in [-0.2, 0) is 6.42 Å². The van der Waals surface area contributed by atoms with Gasteiger partial charge in [0, 0.05) is 17.3 Å². The molecule has 148 valence electrons. The molecular formula is C24H23ClN2O2. The molecule has 0 unspecified atom stereocenters. The molecule has 2 aliphatic rings. The van der Waals surface area contributed by atoms with Gasteiger partial charge in [-0.2, -0.15) is 0 Å². The van der Waals surface area contributed by atoms with Crippen LogP contribution in [0.25, 0.3) is 0 Å². The summed E-state index contributed by atoms with van der Waals surface area (Å²) in [6.07, 6.45) is 1.00. The molecule has 2 atom stereocenters. The van der Waals surface area contributed by atoms with Crippen molar-refractivity contribution in [2.75, 3.05) is 26.1 Å². The van der Waals surface area contributed by atoms with Crippen LogP contribution in [0.5, 0.6) is 11.5 Å². The normalized spacial score (nSPS) is 20.1. The van der Waals surface area contributed by atoms with Gasteiger partial charge in [-0.25, -0.2) is 0 Å². The van der Waals surface area contributed by atoms with Crippen molar-refractivity contribution in [3.05, 3.63) is 87.9 Å². The zero-order chi connectivity index (χ0) is 20.0. The highest BCUT2D eigenvalue weighted by atomic mass is 35.5. The predicted octanol–water partition coefficient (Wildman–Crippen LogP) is 5.43. The van der Waals surface area contributed by atoms with Gasteiger partial charge in [-0.15, -0.1) is 0 Å². The Morgan fingerprint density at radius 3 is 2.52 bits per heavy atom. The summed E-state index contributed by atoms with van der Waals surface area (Å²) in [6, 6.07) is 21.1. The zero-order valence-electron chi connectivity index (χ0n) is 16.5. The van der Waals surface area contributed by atoms with Gasteiger partial charge >= 0.3 is 0 Å². The van der Waals surface area contributed by atoms with Crippen molar-refractivity contribution in [3.8, 4) is 11.5 Å². The zero-order valence-corrected chi connectivity index (χ0v) is 17.2. The molecule has 0 aromatic heterocycles. The molecule has 0 fully saturated rings. The smallest absolute Gasteiger partial charge is 0.161 e. The highest BCUT2D eigenvalue weighted by Crippen LogP contribution is 2.48. The topological polar surface area (TPSA) is 33.7 Å². The maximum absolute atomic E-state index is 6.32. The number of halogens is 1. The fourth-order valence-corrected chi connectivity index (χ4v) is 4.84. The van der Waals surface area contributed by atoms with E-state index >= 15 is 0 Å². The molecule has 3 aromatic rings. The summed E-state index contributed by atoms with van der Waals surface area (Å²) >= 11 is 6.32. The number of hydrogen-bond acceptors (Lipinski definition) is 4. The van der Waals surface area contributed by atoms with E-state index in [2.05, 4.69) is 52.7 Å². The number of fused-ring (bicyclic) bond motifs is 5. The van der Waals surface area contributed by atoms with E-state index in [1.54, 1.807) is 14.2 Å². The maximum Gasteiger partial charge on any atom is 0.161 e. The predicted molar refractivity (Wildman–Crippen MR) is 116 cm³/mol. The molecule has 4 nitrogen and oxygen atoms in total. The third-order valence-electron chi connectivity index (χ3n) is 5.95. The minimum Gasteiger partial charge on any atom is -0.493 e. The lowest BCUT2D eigenvalue weighted by Gasteiger charge is -2.47. The number of rotatable bonds is 3. The van der Waals surface area contributed by atoms with E-state index in [0.29, 0.717) is 0 Å². The van der Waals surface area contributed by atoms with Gasteiger partial charge in [0.1, 0.15) is 6.17 Å². The average molecular weight is 407 g/mol. The van der Waals surface area contributed by atoms with Crippen LogP contribution in [0.15, 0.2) is 60.7 Å². The van der Waals surface area contributed by atoms with Gasteiger partial charge < -0.3 is 14.8 Å². The lowest BCUT2D eigenvalue weighted by atomic mass is 9.84. The average Bonchev–Trinajstić information content (AvgIpc) is 2.77. The molecule has 3 aromatic carbocycles. The van der Waals surface area contributed by atoms with Crippen molar-refractivity contribution in [1.82, 2.24) is 4.90 Å². The Kier molecular flexibility index (Phi) is 4.61. The first-order chi connectivity index (χ1) is 14.2. The summed E-state index contributed by atoms with van der Waals surface area (Å²) < 4.78 is 11.2. The molecule has 5 heteroatoms. The summed E-state index contributed by atoms with van der Waals surface area (Å²) in [7, 11) is 3.38.